The van der Waals surface area contributed by atoms with Gasteiger partial charge in [-0.1, -0.05) is 12.1 Å². The van der Waals surface area contributed by atoms with Crippen molar-refractivity contribution in [3.63, 3.8) is 0 Å². The number of hydrogen-bond acceptors (Lipinski definition) is 2. The lowest BCUT2D eigenvalue weighted by molar-refractivity contribution is -0.00277. The normalized spacial score (nSPS) is 37.6. The molecule has 5 rings (SSSR count). The van der Waals surface area contributed by atoms with Crippen molar-refractivity contribution >= 4 is 5.69 Å². The molecule has 0 amide bonds. The Hall–Kier alpha value is -1.49. The Balaban J connectivity index is 1.54. The first-order chi connectivity index (χ1) is 9.83. The average molecular weight is 266 g/mol. The van der Waals surface area contributed by atoms with E-state index < -0.39 is 0 Å². The second kappa shape index (κ2) is 4.81. The molecule has 4 bridgehead atoms. The van der Waals surface area contributed by atoms with Crippen molar-refractivity contribution in [3.8, 4) is 6.07 Å². The highest BCUT2D eigenvalue weighted by Crippen LogP contribution is 2.59. The quantitative estimate of drug-likeness (QED) is 0.834. The van der Waals surface area contributed by atoms with Crippen molar-refractivity contribution in [2.45, 2.75) is 38.0 Å². The van der Waals surface area contributed by atoms with Gasteiger partial charge in [0.2, 0.25) is 0 Å². The second-order valence-corrected chi connectivity index (χ2v) is 7.09. The molecule has 0 aliphatic heterocycles. The van der Waals surface area contributed by atoms with Gasteiger partial charge >= 0.3 is 0 Å². The van der Waals surface area contributed by atoms with Crippen LogP contribution in [0.2, 0.25) is 0 Å². The molecule has 0 radical (unpaired) electrons. The highest BCUT2D eigenvalue weighted by atomic mass is 14.9. The number of nitrogens with one attached hydrogen (secondary N) is 1. The van der Waals surface area contributed by atoms with Crippen molar-refractivity contribution in [1.29, 1.82) is 5.26 Å². The fourth-order valence-electron chi connectivity index (χ4n) is 5.43. The fraction of sp³-hybridized carbons (Fsp3) is 0.611. The van der Waals surface area contributed by atoms with E-state index in [9.17, 15) is 0 Å². The van der Waals surface area contributed by atoms with Crippen LogP contribution >= 0.6 is 0 Å². The fourth-order valence-corrected chi connectivity index (χ4v) is 5.43. The smallest absolute Gasteiger partial charge is 0.103 e. The summed E-state index contributed by atoms with van der Waals surface area (Å²) >= 11 is 0. The minimum Gasteiger partial charge on any atom is -0.372 e. The lowest BCUT2D eigenvalue weighted by Gasteiger charge is -2.54. The molecule has 0 heterocycles. The Morgan fingerprint density at radius 1 is 0.950 bits per heavy atom. The molecule has 0 spiro atoms. The summed E-state index contributed by atoms with van der Waals surface area (Å²) in [6.07, 6.45) is 7.44. The third kappa shape index (κ3) is 2.00. The molecule has 4 fully saturated rings. The van der Waals surface area contributed by atoms with Gasteiger partial charge in [-0.3, -0.25) is 0 Å². The van der Waals surface area contributed by atoms with E-state index in [1.54, 1.807) is 5.56 Å². The second-order valence-electron chi connectivity index (χ2n) is 7.09. The Morgan fingerprint density at radius 2 is 1.55 bits per heavy atom. The Morgan fingerprint density at radius 3 is 2.10 bits per heavy atom. The van der Waals surface area contributed by atoms with Crippen LogP contribution in [0.3, 0.4) is 0 Å². The topological polar surface area (TPSA) is 35.8 Å². The maximum Gasteiger partial charge on any atom is 0.103 e. The molecule has 0 saturated heterocycles. The minimum atomic E-state index is 0.386. The zero-order valence-electron chi connectivity index (χ0n) is 11.9. The molecule has 4 aliphatic rings. The van der Waals surface area contributed by atoms with Gasteiger partial charge in [0, 0.05) is 5.69 Å². The van der Waals surface area contributed by atoms with Crippen molar-refractivity contribution in [2.24, 2.45) is 23.7 Å². The molecule has 104 valence electrons. The Bertz CT molecular complexity index is 497. The third-order valence-corrected chi connectivity index (χ3v) is 5.89. The molecular formula is C18H22N2. The molecule has 0 atom stereocenters. The molecule has 4 aliphatic carbocycles. The number of nitriles is 1. The van der Waals surface area contributed by atoms with Crippen molar-refractivity contribution < 1.29 is 0 Å². The van der Waals surface area contributed by atoms with Crippen LogP contribution in [-0.4, -0.2) is 6.54 Å². The molecular weight excluding hydrogens is 244 g/mol. The van der Waals surface area contributed by atoms with Gasteiger partial charge < -0.3 is 5.32 Å². The van der Waals surface area contributed by atoms with E-state index in [1.165, 1.54) is 32.1 Å². The number of anilines is 1. The van der Waals surface area contributed by atoms with E-state index in [0.29, 0.717) is 6.54 Å². The van der Waals surface area contributed by atoms with Gasteiger partial charge in [0.25, 0.3) is 0 Å². The Labute approximate surface area is 121 Å². The van der Waals surface area contributed by atoms with Gasteiger partial charge in [-0.15, -0.1) is 0 Å². The predicted octanol–water partition coefficient (Wildman–Crippen LogP) is 4.16. The van der Waals surface area contributed by atoms with Gasteiger partial charge in [-0.25, -0.2) is 0 Å². The standard InChI is InChI=1S/C18H22N2/c19-5-6-20-17-3-1-14(2-4-17)18-15-8-12-7-13(10-15)11-16(18)9-12/h1-4,12-13,15-16,18,20H,6-11H2. The number of hydrogen-bond donors (Lipinski definition) is 1. The van der Waals surface area contributed by atoms with E-state index >= 15 is 0 Å². The summed E-state index contributed by atoms with van der Waals surface area (Å²) in [5.41, 5.74) is 2.61. The summed E-state index contributed by atoms with van der Waals surface area (Å²) in [5, 5.41) is 11.7. The van der Waals surface area contributed by atoms with Gasteiger partial charge in [-0.2, -0.15) is 5.26 Å². The van der Waals surface area contributed by atoms with Gasteiger partial charge in [-0.05, 0) is 79.4 Å². The SMILES string of the molecule is N#CCNc1ccc(C2C3CC4CC(C3)CC2C4)cc1. The molecule has 1 aromatic carbocycles. The molecule has 20 heavy (non-hydrogen) atoms. The number of rotatable bonds is 3. The van der Waals surface area contributed by atoms with Crippen LogP contribution < -0.4 is 5.32 Å². The molecule has 0 unspecified atom stereocenters. The van der Waals surface area contributed by atoms with Crippen LogP contribution in [0.25, 0.3) is 0 Å². The first-order valence-corrected chi connectivity index (χ1v) is 8.04. The maximum atomic E-state index is 8.61. The van der Waals surface area contributed by atoms with Crippen LogP contribution in [0.5, 0.6) is 0 Å². The maximum absolute atomic E-state index is 8.61. The van der Waals surface area contributed by atoms with E-state index in [2.05, 4.69) is 35.7 Å². The number of nitrogens with zero attached hydrogens (tertiary/aromatic N) is 1. The van der Waals surface area contributed by atoms with Crippen LogP contribution in [0, 0.1) is 35.0 Å². The van der Waals surface area contributed by atoms with Crippen molar-refractivity contribution in [1.82, 2.24) is 0 Å². The van der Waals surface area contributed by atoms with Crippen LogP contribution in [0.1, 0.15) is 43.6 Å². The largest absolute Gasteiger partial charge is 0.372 e. The summed E-state index contributed by atoms with van der Waals surface area (Å²) in [5.74, 6) is 4.80. The van der Waals surface area contributed by atoms with Crippen LogP contribution in [-0.2, 0) is 0 Å². The zero-order chi connectivity index (χ0) is 13.5. The third-order valence-electron chi connectivity index (χ3n) is 5.89. The van der Waals surface area contributed by atoms with Gasteiger partial charge in [0.05, 0.1) is 6.07 Å². The average Bonchev–Trinajstić information content (AvgIpc) is 2.45. The van der Waals surface area contributed by atoms with Crippen LogP contribution in [0.15, 0.2) is 24.3 Å². The summed E-state index contributed by atoms with van der Waals surface area (Å²) in [6, 6.07) is 11.0. The molecule has 0 aromatic heterocycles. The summed E-state index contributed by atoms with van der Waals surface area (Å²) < 4.78 is 0. The Kier molecular flexibility index (Phi) is 2.95. The summed E-state index contributed by atoms with van der Waals surface area (Å²) in [7, 11) is 0. The first-order valence-electron chi connectivity index (χ1n) is 8.04. The summed E-state index contributed by atoms with van der Waals surface area (Å²) in [4.78, 5) is 0. The predicted molar refractivity (Wildman–Crippen MR) is 80.3 cm³/mol. The van der Waals surface area contributed by atoms with Gasteiger partial charge in [0.15, 0.2) is 0 Å². The van der Waals surface area contributed by atoms with E-state index in [4.69, 9.17) is 5.26 Å². The van der Waals surface area contributed by atoms with Crippen molar-refractivity contribution in [2.75, 3.05) is 11.9 Å². The lowest BCUT2D eigenvalue weighted by Crippen LogP contribution is -2.43. The number of benzene rings is 1. The zero-order valence-corrected chi connectivity index (χ0v) is 11.9. The molecule has 2 nitrogen and oxygen atoms in total. The van der Waals surface area contributed by atoms with E-state index in [0.717, 1.165) is 35.3 Å². The molecule has 2 heteroatoms. The van der Waals surface area contributed by atoms with E-state index in [1.807, 2.05) is 0 Å². The monoisotopic (exact) mass is 266 g/mol. The van der Waals surface area contributed by atoms with E-state index in [-0.39, 0.29) is 0 Å². The highest BCUT2D eigenvalue weighted by molar-refractivity contribution is 5.46. The first kappa shape index (κ1) is 12.3. The molecule has 1 aromatic rings. The lowest BCUT2D eigenvalue weighted by atomic mass is 9.51. The molecule has 1 N–H and O–H groups in total. The minimum absolute atomic E-state index is 0.386. The van der Waals surface area contributed by atoms with Crippen LogP contribution in [0.4, 0.5) is 5.69 Å². The van der Waals surface area contributed by atoms with Gasteiger partial charge in [0.1, 0.15) is 6.54 Å². The summed E-state index contributed by atoms with van der Waals surface area (Å²) in [6.45, 7) is 0.386. The van der Waals surface area contributed by atoms with Crippen molar-refractivity contribution in [3.05, 3.63) is 29.8 Å². The molecule has 4 saturated carbocycles. The highest BCUT2D eigenvalue weighted by Gasteiger charge is 2.48.